The summed E-state index contributed by atoms with van der Waals surface area (Å²) in [5.41, 5.74) is 1.60. The van der Waals surface area contributed by atoms with Gasteiger partial charge in [-0.25, -0.2) is 4.79 Å². The predicted molar refractivity (Wildman–Crippen MR) is 68.2 cm³/mol. The number of thiocarbonyl (C=S) groups is 1. The third kappa shape index (κ3) is 3.84. The summed E-state index contributed by atoms with van der Waals surface area (Å²) in [7, 11) is 0. The maximum atomic E-state index is 10.8. The Kier molecular flexibility index (Phi) is 4.17. The van der Waals surface area contributed by atoms with E-state index >= 15 is 0 Å². The van der Waals surface area contributed by atoms with Crippen molar-refractivity contribution in [3.05, 3.63) is 29.3 Å². The summed E-state index contributed by atoms with van der Waals surface area (Å²) in [6.07, 6.45) is 0. The average Bonchev–Trinajstić information content (AvgIpc) is 2.19. The molecule has 0 saturated heterocycles. The fourth-order valence-electron chi connectivity index (χ4n) is 1.25. The van der Waals surface area contributed by atoms with Gasteiger partial charge in [0, 0.05) is 12.6 Å². The number of carbonyl (C=O) groups is 2. The van der Waals surface area contributed by atoms with Crippen LogP contribution in [0.15, 0.2) is 18.2 Å². The van der Waals surface area contributed by atoms with Gasteiger partial charge in [-0.05, 0) is 42.9 Å². The number of nitrogens with one attached hydrogen (secondary N) is 2. The normalized spacial score (nSPS) is 9.53. The minimum Gasteiger partial charge on any atom is -0.478 e. The highest BCUT2D eigenvalue weighted by molar-refractivity contribution is 7.80. The van der Waals surface area contributed by atoms with Crippen LogP contribution < -0.4 is 10.6 Å². The largest absolute Gasteiger partial charge is 0.478 e. The standard InChI is InChI=1S/C11H12N2O3S/c1-6-5-8(10(15)16)3-4-9(6)13-11(17)12-7(2)14/h3-5H,1-2H3,(H,15,16)(H2,12,13,14,17). The number of carboxylic acids is 1. The van der Waals surface area contributed by atoms with Crippen molar-refractivity contribution in [1.82, 2.24) is 5.32 Å². The van der Waals surface area contributed by atoms with Crippen molar-refractivity contribution in [3.63, 3.8) is 0 Å². The van der Waals surface area contributed by atoms with E-state index in [4.69, 9.17) is 17.3 Å². The molecule has 0 spiro atoms. The Labute approximate surface area is 104 Å². The molecule has 0 bridgehead atoms. The van der Waals surface area contributed by atoms with Gasteiger partial charge in [0.15, 0.2) is 5.11 Å². The molecule has 0 aliphatic carbocycles. The third-order valence-electron chi connectivity index (χ3n) is 2.01. The molecule has 6 heteroatoms. The summed E-state index contributed by atoms with van der Waals surface area (Å²) in [6, 6.07) is 4.60. The number of rotatable bonds is 2. The summed E-state index contributed by atoms with van der Waals surface area (Å²) in [4.78, 5) is 21.5. The zero-order chi connectivity index (χ0) is 13.0. The van der Waals surface area contributed by atoms with Crippen molar-refractivity contribution >= 4 is 34.9 Å². The second-order valence-electron chi connectivity index (χ2n) is 3.47. The van der Waals surface area contributed by atoms with E-state index < -0.39 is 5.97 Å². The number of aryl methyl sites for hydroxylation is 1. The summed E-state index contributed by atoms with van der Waals surface area (Å²) in [6.45, 7) is 3.11. The van der Waals surface area contributed by atoms with Gasteiger partial charge in [-0.2, -0.15) is 0 Å². The van der Waals surface area contributed by atoms with Crippen molar-refractivity contribution in [1.29, 1.82) is 0 Å². The quantitative estimate of drug-likeness (QED) is 0.696. The highest BCUT2D eigenvalue weighted by Crippen LogP contribution is 2.16. The fourth-order valence-corrected chi connectivity index (χ4v) is 1.50. The first-order valence-corrected chi connectivity index (χ1v) is 5.23. The van der Waals surface area contributed by atoms with Gasteiger partial charge in [-0.3, -0.25) is 4.79 Å². The number of hydrogen-bond donors (Lipinski definition) is 3. The van der Waals surface area contributed by atoms with E-state index in [-0.39, 0.29) is 16.6 Å². The molecule has 0 aliphatic rings. The number of aromatic carboxylic acids is 1. The van der Waals surface area contributed by atoms with Gasteiger partial charge in [0.1, 0.15) is 0 Å². The number of anilines is 1. The van der Waals surface area contributed by atoms with Gasteiger partial charge in [0.2, 0.25) is 5.91 Å². The van der Waals surface area contributed by atoms with Crippen LogP contribution in [0.3, 0.4) is 0 Å². The molecule has 0 unspecified atom stereocenters. The molecule has 17 heavy (non-hydrogen) atoms. The van der Waals surface area contributed by atoms with Crippen LogP contribution >= 0.6 is 12.2 Å². The van der Waals surface area contributed by atoms with Crippen molar-refractivity contribution in [2.45, 2.75) is 13.8 Å². The molecule has 1 aromatic rings. The summed E-state index contributed by atoms with van der Waals surface area (Å²) in [5, 5.41) is 14.2. The van der Waals surface area contributed by atoms with Crippen molar-refractivity contribution in [3.8, 4) is 0 Å². The lowest BCUT2D eigenvalue weighted by Gasteiger charge is -2.11. The Bertz CT molecular complexity index is 486. The van der Waals surface area contributed by atoms with Crippen LogP contribution in [0.25, 0.3) is 0 Å². The van der Waals surface area contributed by atoms with E-state index in [1.54, 1.807) is 13.0 Å². The highest BCUT2D eigenvalue weighted by Gasteiger charge is 2.07. The molecule has 0 fully saturated rings. The molecule has 0 radical (unpaired) electrons. The molecule has 1 rings (SSSR count). The van der Waals surface area contributed by atoms with E-state index in [0.29, 0.717) is 5.69 Å². The summed E-state index contributed by atoms with van der Waals surface area (Å²) < 4.78 is 0. The van der Waals surface area contributed by atoms with E-state index in [2.05, 4.69) is 10.6 Å². The number of benzene rings is 1. The monoisotopic (exact) mass is 252 g/mol. The lowest BCUT2D eigenvalue weighted by molar-refractivity contribution is -0.117. The zero-order valence-corrected chi connectivity index (χ0v) is 10.2. The molecule has 0 aliphatic heterocycles. The van der Waals surface area contributed by atoms with E-state index in [1.807, 2.05) is 0 Å². The van der Waals surface area contributed by atoms with Crippen LogP contribution in [0.4, 0.5) is 5.69 Å². The summed E-state index contributed by atoms with van der Waals surface area (Å²) in [5.74, 6) is -1.24. The first kappa shape index (κ1) is 13.1. The number of hydrogen-bond acceptors (Lipinski definition) is 3. The smallest absolute Gasteiger partial charge is 0.335 e. The van der Waals surface area contributed by atoms with Gasteiger partial charge in [-0.1, -0.05) is 0 Å². The van der Waals surface area contributed by atoms with Gasteiger partial charge in [-0.15, -0.1) is 0 Å². The Morgan fingerprint density at radius 2 is 2.00 bits per heavy atom. The topological polar surface area (TPSA) is 78.4 Å². The van der Waals surface area contributed by atoms with E-state index in [9.17, 15) is 9.59 Å². The van der Waals surface area contributed by atoms with Crippen molar-refractivity contribution in [2.24, 2.45) is 0 Å². The molecule has 0 heterocycles. The van der Waals surface area contributed by atoms with E-state index in [0.717, 1.165) is 5.56 Å². The molecule has 90 valence electrons. The lowest BCUT2D eigenvalue weighted by Crippen LogP contribution is -2.32. The minimum absolute atomic E-state index is 0.184. The first-order valence-electron chi connectivity index (χ1n) is 4.82. The second kappa shape index (κ2) is 5.40. The molecule has 1 aromatic carbocycles. The van der Waals surface area contributed by atoms with Crippen LogP contribution in [-0.4, -0.2) is 22.1 Å². The second-order valence-corrected chi connectivity index (χ2v) is 3.88. The predicted octanol–water partition coefficient (Wildman–Crippen LogP) is 1.53. The fraction of sp³-hybridized carbons (Fsp3) is 0.182. The Balaban J connectivity index is 2.83. The Morgan fingerprint density at radius 3 is 2.47 bits per heavy atom. The maximum absolute atomic E-state index is 10.8. The molecule has 0 atom stereocenters. The highest BCUT2D eigenvalue weighted by atomic mass is 32.1. The third-order valence-corrected chi connectivity index (χ3v) is 2.22. The SMILES string of the molecule is CC(=O)NC(=S)Nc1ccc(C(=O)O)cc1C. The molecule has 3 N–H and O–H groups in total. The molecule has 0 aromatic heterocycles. The molecular weight excluding hydrogens is 240 g/mol. The van der Waals surface area contributed by atoms with Gasteiger partial charge in [0.05, 0.1) is 5.56 Å². The Hall–Kier alpha value is -1.95. The number of amides is 1. The maximum Gasteiger partial charge on any atom is 0.335 e. The Morgan fingerprint density at radius 1 is 1.35 bits per heavy atom. The lowest BCUT2D eigenvalue weighted by atomic mass is 10.1. The molecule has 1 amide bonds. The van der Waals surface area contributed by atoms with Crippen LogP contribution in [0.2, 0.25) is 0 Å². The van der Waals surface area contributed by atoms with E-state index in [1.165, 1.54) is 19.1 Å². The minimum atomic E-state index is -0.982. The average molecular weight is 252 g/mol. The van der Waals surface area contributed by atoms with Gasteiger partial charge in [0.25, 0.3) is 0 Å². The van der Waals surface area contributed by atoms with Crippen LogP contribution in [0.5, 0.6) is 0 Å². The van der Waals surface area contributed by atoms with Crippen LogP contribution in [-0.2, 0) is 4.79 Å². The first-order chi connectivity index (χ1) is 7.90. The molecule has 0 saturated carbocycles. The van der Waals surface area contributed by atoms with Gasteiger partial charge >= 0.3 is 5.97 Å². The number of carbonyl (C=O) groups excluding carboxylic acids is 1. The summed E-state index contributed by atoms with van der Waals surface area (Å²) >= 11 is 4.90. The zero-order valence-electron chi connectivity index (χ0n) is 9.40. The van der Waals surface area contributed by atoms with Crippen molar-refractivity contribution < 1.29 is 14.7 Å². The van der Waals surface area contributed by atoms with Crippen LogP contribution in [0, 0.1) is 6.92 Å². The molecule has 5 nitrogen and oxygen atoms in total. The van der Waals surface area contributed by atoms with Crippen LogP contribution in [0.1, 0.15) is 22.8 Å². The van der Waals surface area contributed by atoms with Crippen molar-refractivity contribution in [2.75, 3.05) is 5.32 Å². The molecular formula is C11H12N2O3S. The van der Waals surface area contributed by atoms with Gasteiger partial charge < -0.3 is 15.7 Å². The number of carboxylic acid groups (broad SMARTS) is 1.